The van der Waals surface area contributed by atoms with Crippen LogP contribution in [0, 0.1) is 0 Å². The topological polar surface area (TPSA) is 16.4 Å². The van der Waals surface area contributed by atoms with Gasteiger partial charge in [0, 0.05) is 38.9 Å². The second-order valence-electron chi connectivity index (χ2n) is 20.4. The van der Waals surface area contributed by atoms with E-state index in [-0.39, 0.29) is 0 Å². The molecule has 3 heteroatoms. The molecule has 0 radical (unpaired) electrons. The van der Waals surface area contributed by atoms with Crippen LogP contribution in [0.1, 0.15) is 44.5 Å². The van der Waals surface area contributed by atoms with Crippen molar-refractivity contribution in [1.82, 2.24) is 0 Å². The number of furan rings is 1. The Bertz CT molecular complexity index is 4250. The molecule has 13 aromatic rings. The molecule has 12 aromatic carbocycles. The van der Waals surface area contributed by atoms with E-state index < -0.39 is 10.8 Å². The van der Waals surface area contributed by atoms with E-state index in [2.05, 4.69) is 278 Å². The summed E-state index contributed by atoms with van der Waals surface area (Å²) >= 11 is 6.59. The number of anilines is 3. The quantitative estimate of drug-likeness (QED) is 0.143. The maximum absolute atomic E-state index is 6.65. The van der Waals surface area contributed by atoms with Crippen LogP contribution in [0.5, 0.6) is 0 Å². The summed E-state index contributed by atoms with van der Waals surface area (Å²) < 4.78 is 6.65. The van der Waals surface area contributed by atoms with E-state index in [0.29, 0.717) is 5.02 Å². The van der Waals surface area contributed by atoms with Gasteiger partial charge in [0.15, 0.2) is 0 Å². The van der Waals surface area contributed by atoms with Gasteiger partial charge in [0.2, 0.25) is 0 Å². The van der Waals surface area contributed by atoms with Crippen LogP contribution in [0.4, 0.5) is 17.1 Å². The lowest BCUT2D eigenvalue weighted by Gasteiger charge is -2.35. The average molecular weight is 1000 g/mol. The highest BCUT2D eigenvalue weighted by molar-refractivity contribution is 6.31. The van der Waals surface area contributed by atoms with E-state index in [1.54, 1.807) is 0 Å². The van der Waals surface area contributed by atoms with Crippen molar-refractivity contribution < 1.29 is 4.42 Å². The Labute approximate surface area is 453 Å². The van der Waals surface area contributed by atoms with Gasteiger partial charge in [0.05, 0.1) is 10.8 Å². The Morgan fingerprint density at radius 1 is 0.273 bits per heavy atom. The van der Waals surface area contributed by atoms with E-state index >= 15 is 0 Å². The maximum atomic E-state index is 6.65. The Balaban J connectivity index is 0.959. The van der Waals surface area contributed by atoms with Gasteiger partial charge in [-0.1, -0.05) is 242 Å². The highest BCUT2D eigenvalue weighted by atomic mass is 35.5. The van der Waals surface area contributed by atoms with Crippen molar-refractivity contribution in [2.24, 2.45) is 0 Å². The molecule has 0 bridgehead atoms. The number of benzene rings is 12. The SMILES string of the molecule is Clc1ccc2oc3cc(N(c4ccc5c(c4)-c4ccccc4C5(c4ccccc4)c4ccccc4)c4ccc5c(c4)-c4ccccc4C5(c4ccc(-c5ccccc5)cc4)c4ccc(-c5ccccc5)cc4)ccc3c2c1. The molecule has 362 valence electrons. The molecule has 0 unspecified atom stereocenters. The summed E-state index contributed by atoms with van der Waals surface area (Å²) in [5.41, 5.74) is 23.1. The summed E-state index contributed by atoms with van der Waals surface area (Å²) in [6.45, 7) is 0. The number of halogens is 1. The molecule has 15 rings (SSSR count). The molecule has 2 aliphatic rings. The largest absolute Gasteiger partial charge is 0.456 e. The zero-order valence-electron chi connectivity index (χ0n) is 41.9. The summed E-state index contributed by atoms with van der Waals surface area (Å²) in [6.07, 6.45) is 0. The van der Waals surface area contributed by atoms with Crippen molar-refractivity contribution in [2.45, 2.75) is 10.8 Å². The molecule has 2 nitrogen and oxygen atoms in total. The van der Waals surface area contributed by atoms with Gasteiger partial charge < -0.3 is 9.32 Å². The lowest BCUT2D eigenvalue weighted by Crippen LogP contribution is -2.28. The number of hydrogen-bond donors (Lipinski definition) is 0. The van der Waals surface area contributed by atoms with Crippen LogP contribution in [0.2, 0.25) is 5.02 Å². The van der Waals surface area contributed by atoms with E-state index in [1.165, 1.54) is 89.0 Å². The van der Waals surface area contributed by atoms with Gasteiger partial charge in [-0.25, -0.2) is 0 Å². The zero-order chi connectivity index (χ0) is 51.1. The fourth-order valence-corrected chi connectivity index (χ4v) is 13.4. The van der Waals surface area contributed by atoms with E-state index in [1.807, 2.05) is 18.2 Å². The normalized spacial score (nSPS) is 13.5. The number of nitrogens with zero attached hydrogens (tertiary/aromatic N) is 1. The summed E-state index contributed by atoms with van der Waals surface area (Å²) in [5.74, 6) is 0. The Morgan fingerprint density at radius 2 is 0.662 bits per heavy atom. The number of hydrogen-bond acceptors (Lipinski definition) is 2. The fourth-order valence-electron chi connectivity index (χ4n) is 13.2. The van der Waals surface area contributed by atoms with Crippen LogP contribution in [0.25, 0.3) is 66.4 Å². The molecule has 1 heterocycles. The zero-order valence-corrected chi connectivity index (χ0v) is 42.7. The predicted molar refractivity (Wildman–Crippen MR) is 319 cm³/mol. The lowest BCUT2D eigenvalue weighted by atomic mass is 9.67. The smallest absolute Gasteiger partial charge is 0.137 e. The standard InChI is InChI=1S/C74H48ClNO/c75-57-37-44-71-66(45-57)63-41-38-60(48-72(63)77-71)76(58-39-42-69-64(46-58)61-25-13-15-27-67(61)73(69,53-21-9-3-10-22-53)54-23-11-4-12-24-54)59-40-43-70-65(47-59)62-26-14-16-28-68(62)74(70,55-33-29-51(30-34-55)49-17-5-1-6-18-49)56-35-31-52(32-36-56)50-19-7-2-8-20-50/h1-48H. The predicted octanol–water partition coefficient (Wildman–Crippen LogP) is 19.8. The first kappa shape index (κ1) is 45.0. The van der Waals surface area contributed by atoms with Gasteiger partial charge >= 0.3 is 0 Å². The molecule has 1 aromatic heterocycles. The second kappa shape index (κ2) is 17.8. The van der Waals surface area contributed by atoms with Crippen molar-refractivity contribution in [3.05, 3.63) is 341 Å². The summed E-state index contributed by atoms with van der Waals surface area (Å²) in [6, 6.07) is 107. The number of fused-ring (bicyclic) bond motifs is 9. The van der Waals surface area contributed by atoms with Crippen molar-refractivity contribution in [2.75, 3.05) is 4.90 Å². The minimum atomic E-state index is -0.621. The average Bonchev–Trinajstić information content (AvgIpc) is 4.19. The highest BCUT2D eigenvalue weighted by Gasteiger charge is 2.48. The van der Waals surface area contributed by atoms with Crippen LogP contribution >= 0.6 is 11.6 Å². The molecule has 0 spiro atoms. The Kier molecular flexibility index (Phi) is 10.4. The molecule has 77 heavy (non-hydrogen) atoms. The fraction of sp³-hybridized carbons (Fsp3) is 0.0270. The van der Waals surface area contributed by atoms with E-state index in [9.17, 15) is 0 Å². The van der Waals surface area contributed by atoms with Gasteiger partial charge in [0.1, 0.15) is 11.2 Å². The third-order valence-electron chi connectivity index (χ3n) is 16.5. The summed E-state index contributed by atoms with van der Waals surface area (Å²) in [5, 5.41) is 2.70. The first-order valence-corrected chi connectivity index (χ1v) is 26.8. The maximum Gasteiger partial charge on any atom is 0.137 e. The Morgan fingerprint density at radius 3 is 1.16 bits per heavy atom. The molecular weight excluding hydrogens is 954 g/mol. The monoisotopic (exact) mass is 1000 g/mol. The molecule has 0 aliphatic heterocycles. The van der Waals surface area contributed by atoms with Crippen LogP contribution in [-0.2, 0) is 10.8 Å². The molecule has 2 aliphatic carbocycles. The molecule has 0 saturated heterocycles. The molecule has 0 amide bonds. The van der Waals surface area contributed by atoms with Crippen LogP contribution in [0.15, 0.2) is 296 Å². The minimum Gasteiger partial charge on any atom is -0.456 e. The van der Waals surface area contributed by atoms with Gasteiger partial charge in [-0.05, 0) is 144 Å². The van der Waals surface area contributed by atoms with Crippen LogP contribution in [-0.4, -0.2) is 0 Å². The van der Waals surface area contributed by atoms with Gasteiger partial charge in [-0.3, -0.25) is 0 Å². The van der Waals surface area contributed by atoms with Gasteiger partial charge in [-0.2, -0.15) is 0 Å². The third kappa shape index (κ3) is 6.89. The van der Waals surface area contributed by atoms with Crippen LogP contribution < -0.4 is 4.90 Å². The summed E-state index contributed by atoms with van der Waals surface area (Å²) in [4.78, 5) is 2.42. The van der Waals surface area contributed by atoms with Crippen molar-refractivity contribution >= 4 is 50.6 Å². The lowest BCUT2D eigenvalue weighted by molar-refractivity contribution is 0.669. The number of rotatable bonds is 9. The van der Waals surface area contributed by atoms with Crippen LogP contribution in [0.3, 0.4) is 0 Å². The molecule has 0 saturated carbocycles. The molecule has 0 fully saturated rings. The molecule has 0 N–H and O–H groups in total. The molecule has 0 atom stereocenters. The second-order valence-corrected chi connectivity index (χ2v) is 20.9. The first-order valence-electron chi connectivity index (χ1n) is 26.4. The third-order valence-corrected chi connectivity index (χ3v) is 16.7. The van der Waals surface area contributed by atoms with Gasteiger partial charge in [-0.15, -0.1) is 0 Å². The van der Waals surface area contributed by atoms with Crippen molar-refractivity contribution in [1.29, 1.82) is 0 Å². The Hall–Kier alpha value is -9.47. The first-order chi connectivity index (χ1) is 38.1. The summed E-state index contributed by atoms with van der Waals surface area (Å²) in [7, 11) is 0. The minimum absolute atomic E-state index is 0.522. The van der Waals surface area contributed by atoms with Crippen molar-refractivity contribution in [3.8, 4) is 44.5 Å². The van der Waals surface area contributed by atoms with E-state index in [0.717, 1.165) is 39.0 Å². The molecular formula is C74H48ClNO. The highest BCUT2D eigenvalue weighted by Crippen LogP contribution is 2.60. The van der Waals surface area contributed by atoms with E-state index in [4.69, 9.17) is 16.0 Å². The van der Waals surface area contributed by atoms with Gasteiger partial charge in [0.25, 0.3) is 0 Å². The van der Waals surface area contributed by atoms with Crippen molar-refractivity contribution in [3.63, 3.8) is 0 Å².